The molecule has 1 aromatic heterocycles. The van der Waals surface area contributed by atoms with Crippen LogP contribution in [-0.4, -0.2) is 33.1 Å². The molecule has 0 radical (unpaired) electrons. The fourth-order valence-corrected chi connectivity index (χ4v) is 3.42. The van der Waals surface area contributed by atoms with Gasteiger partial charge in [0.05, 0.1) is 23.5 Å². The Balaban J connectivity index is 1.78. The van der Waals surface area contributed by atoms with Crippen molar-refractivity contribution in [3.05, 3.63) is 50.9 Å². The zero-order valence-electron chi connectivity index (χ0n) is 11.7. The van der Waals surface area contributed by atoms with Crippen molar-refractivity contribution in [3.8, 4) is 5.69 Å². The van der Waals surface area contributed by atoms with Crippen LogP contribution in [0.15, 0.2) is 40.2 Å². The zero-order valence-corrected chi connectivity index (χ0v) is 14.0. The first-order chi connectivity index (χ1) is 10.9. The third-order valence-electron chi connectivity index (χ3n) is 3.33. The first-order valence-electron chi connectivity index (χ1n) is 6.70. The summed E-state index contributed by atoms with van der Waals surface area (Å²) in [5.74, 6) is -2.62. The maximum absolute atomic E-state index is 13.2. The van der Waals surface area contributed by atoms with E-state index in [-0.39, 0.29) is 23.0 Å². The maximum Gasteiger partial charge on any atom is 0.291 e. The van der Waals surface area contributed by atoms with E-state index in [1.54, 1.807) is 28.6 Å². The van der Waals surface area contributed by atoms with Gasteiger partial charge in [-0.15, -0.1) is 0 Å². The molecular formula is C14H11Cl2F2N3OS. The van der Waals surface area contributed by atoms with Crippen molar-refractivity contribution in [2.24, 2.45) is 0 Å². The molecule has 2 heterocycles. The van der Waals surface area contributed by atoms with Gasteiger partial charge in [0.2, 0.25) is 0 Å². The molecule has 2 aromatic rings. The van der Waals surface area contributed by atoms with Crippen molar-refractivity contribution >= 4 is 35.1 Å². The number of aromatic nitrogens is 2. The number of halogens is 4. The molecule has 9 heteroatoms. The van der Waals surface area contributed by atoms with Gasteiger partial charge < -0.3 is 0 Å². The number of hydrogen-bond acceptors (Lipinski definition) is 4. The number of rotatable bonds is 3. The van der Waals surface area contributed by atoms with Gasteiger partial charge in [-0.25, -0.2) is 13.1 Å². The number of nitrogens with zero attached hydrogens (tertiary/aromatic N) is 3. The molecular weight excluding hydrogens is 367 g/mol. The molecule has 1 aliphatic rings. The van der Waals surface area contributed by atoms with Crippen LogP contribution in [0.3, 0.4) is 0 Å². The molecule has 0 aliphatic carbocycles. The first kappa shape index (κ1) is 16.7. The van der Waals surface area contributed by atoms with Gasteiger partial charge in [-0.05, 0) is 36.2 Å². The normalized spacial score (nSPS) is 17.6. The minimum atomic E-state index is -2.62. The molecule has 3 rings (SSSR count). The van der Waals surface area contributed by atoms with Crippen LogP contribution in [0.25, 0.3) is 5.69 Å². The minimum absolute atomic E-state index is 0.0926. The van der Waals surface area contributed by atoms with Crippen molar-refractivity contribution in [2.45, 2.75) is 17.2 Å². The van der Waals surface area contributed by atoms with Crippen LogP contribution in [0.2, 0.25) is 10.0 Å². The summed E-state index contributed by atoms with van der Waals surface area (Å²) in [5, 5.41) is 3.93. The lowest BCUT2D eigenvalue weighted by atomic mass is 10.3. The Morgan fingerprint density at radius 1 is 1.22 bits per heavy atom. The third kappa shape index (κ3) is 3.68. The van der Waals surface area contributed by atoms with Gasteiger partial charge in [0.15, 0.2) is 0 Å². The second-order valence-corrected chi connectivity index (χ2v) is 7.03. The van der Waals surface area contributed by atoms with Crippen molar-refractivity contribution in [1.82, 2.24) is 14.1 Å². The van der Waals surface area contributed by atoms with Gasteiger partial charge in [0.1, 0.15) is 5.02 Å². The molecule has 0 bridgehead atoms. The smallest absolute Gasteiger partial charge is 0.266 e. The Labute approximate surface area is 145 Å². The SMILES string of the molecule is O=c1c(Cl)c(Cl)cnn1-c1ccc(SN2CCC(F)(F)C2)cc1. The predicted octanol–water partition coefficient (Wildman–Crippen LogP) is 3.89. The second kappa shape index (κ2) is 6.39. The molecule has 0 unspecified atom stereocenters. The topological polar surface area (TPSA) is 38.1 Å². The summed E-state index contributed by atoms with van der Waals surface area (Å²) >= 11 is 12.8. The highest BCUT2D eigenvalue weighted by molar-refractivity contribution is 7.97. The summed E-state index contributed by atoms with van der Waals surface area (Å²) in [6.07, 6.45) is 1.17. The van der Waals surface area contributed by atoms with Gasteiger partial charge >= 0.3 is 0 Å². The van der Waals surface area contributed by atoms with Crippen molar-refractivity contribution in [3.63, 3.8) is 0 Å². The van der Waals surface area contributed by atoms with Gasteiger partial charge in [0, 0.05) is 17.9 Å². The number of benzene rings is 1. The summed E-state index contributed by atoms with van der Waals surface area (Å²) in [6, 6.07) is 6.84. The van der Waals surface area contributed by atoms with Gasteiger partial charge in [-0.2, -0.15) is 9.78 Å². The summed E-state index contributed by atoms with van der Waals surface area (Å²) in [7, 11) is 0. The Morgan fingerprint density at radius 3 is 2.52 bits per heavy atom. The maximum atomic E-state index is 13.2. The van der Waals surface area contributed by atoms with Crippen molar-refractivity contribution in [2.75, 3.05) is 13.1 Å². The largest absolute Gasteiger partial charge is 0.291 e. The van der Waals surface area contributed by atoms with E-state index in [2.05, 4.69) is 5.10 Å². The Morgan fingerprint density at radius 2 is 1.91 bits per heavy atom. The Hall–Kier alpha value is -1.15. The summed E-state index contributed by atoms with van der Waals surface area (Å²) in [6.45, 7) is 0.0838. The zero-order chi connectivity index (χ0) is 16.6. The van der Waals surface area contributed by atoms with Crippen LogP contribution in [0, 0.1) is 0 Å². The van der Waals surface area contributed by atoms with E-state index in [0.29, 0.717) is 12.2 Å². The fourth-order valence-electron chi connectivity index (χ4n) is 2.18. The van der Waals surface area contributed by atoms with E-state index in [1.807, 2.05) is 0 Å². The highest BCUT2D eigenvalue weighted by Gasteiger charge is 2.38. The molecule has 1 aliphatic heterocycles. The van der Waals surface area contributed by atoms with Crippen LogP contribution < -0.4 is 5.56 Å². The van der Waals surface area contributed by atoms with E-state index in [4.69, 9.17) is 23.2 Å². The average molecular weight is 378 g/mol. The molecule has 1 saturated heterocycles. The molecule has 1 aromatic carbocycles. The molecule has 4 nitrogen and oxygen atoms in total. The van der Waals surface area contributed by atoms with Gasteiger partial charge in [0.25, 0.3) is 11.5 Å². The standard InChI is InChI=1S/C14H11Cl2F2N3OS/c15-11-7-19-21(13(22)12(11)16)9-1-3-10(4-2-9)23-20-6-5-14(17,18)8-20/h1-4,7H,5-6,8H2. The van der Waals surface area contributed by atoms with Crippen LogP contribution in [0.1, 0.15) is 6.42 Å². The van der Waals surface area contributed by atoms with E-state index in [1.165, 1.54) is 18.1 Å². The van der Waals surface area contributed by atoms with Crippen molar-refractivity contribution < 1.29 is 8.78 Å². The van der Waals surface area contributed by atoms with E-state index in [9.17, 15) is 13.6 Å². The molecule has 0 amide bonds. The highest BCUT2D eigenvalue weighted by Crippen LogP contribution is 2.34. The molecule has 0 N–H and O–H groups in total. The predicted molar refractivity (Wildman–Crippen MR) is 86.8 cm³/mol. The van der Waals surface area contributed by atoms with Gasteiger partial charge in [-0.3, -0.25) is 4.79 Å². The van der Waals surface area contributed by atoms with Crippen molar-refractivity contribution in [1.29, 1.82) is 0 Å². The van der Waals surface area contributed by atoms with Crippen LogP contribution in [-0.2, 0) is 0 Å². The molecule has 23 heavy (non-hydrogen) atoms. The molecule has 1 fully saturated rings. The summed E-state index contributed by atoms with van der Waals surface area (Å²) < 4.78 is 29.1. The van der Waals surface area contributed by atoms with E-state index < -0.39 is 11.5 Å². The first-order valence-corrected chi connectivity index (χ1v) is 8.23. The number of hydrogen-bond donors (Lipinski definition) is 0. The van der Waals surface area contributed by atoms with Crippen LogP contribution in [0.4, 0.5) is 8.78 Å². The lowest BCUT2D eigenvalue weighted by Gasteiger charge is -2.14. The average Bonchev–Trinajstić information content (AvgIpc) is 2.85. The molecule has 0 saturated carbocycles. The summed E-state index contributed by atoms with van der Waals surface area (Å²) in [4.78, 5) is 12.8. The summed E-state index contributed by atoms with van der Waals surface area (Å²) in [5.41, 5.74) is 0.00317. The van der Waals surface area contributed by atoms with Crippen LogP contribution in [0.5, 0.6) is 0 Å². The Bertz CT molecular complexity index is 783. The quantitative estimate of drug-likeness (QED) is 0.760. The molecule has 0 atom stereocenters. The van der Waals surface area contributed by atoms with Gasteiger partial charge in [-0.1, -0.05) is 23.2 Å². The fraction of sp³-hybridized carbons (Fsp3) is 0.286. The highest BCUT2D eigenvalue weighted by atomic mass is 35.5. The third-order valence-corrected chi connectivity index (χ3v) is 5.13. The Kier molecular flexibility index (Phi) is 4.64. The van der Waals surface area contributed by atoms with Crippen LogP contribution >= 0.6 is 35.1 Å². The monoisotopic (exact) mass is 377 g/mol. The molecule has 0 spiro atoms. The van der Waals surface area contributed by atoms with E-state index in [0.717, 1.165) is 9.58 Å². The number of alkyl halides is 2. The van der Waals surface area contributed by atoms with E-state index >= 15 is 0 Å². The lowest BCUT2D eigenvalue weighted by molar-refractivity contribution is 0.0190. The minimum Gasteiger partial charge on any atom is -0.266 e. The second-order valence-electron chi connectivity index (χ2n) is 5.08. The molecule has 122 valence electrons. The lowest BCUT2D eigenvalue weighted by Crippen LogP contribution is -2.21.